The van der Waals surface area contributed by atoms with Crippen LogP contribution in [0.1, 0.15) is 24.8 Å². The Kier molecular flexibility index (Phi) is 5.10. The lowest BCUT2D eigenvalue weighted by Crippen LogP contribution is -2.48. The summed E-state index contributed by atoms with van der Waals surface area (Å²) in [6.45, 7) is 1.09. The van der Waals surface area contributed by atoms with Crippen molar-refractivity contribution in [2.75, 3.05) is 6.54 Å². The molecular formula is C17H21N5O2. The van der Waals surface area contributed by atoms with Crippen LogP contribution in [0.2, 0.25) is 0 Å². The molecule has 1 fully saturated rings. The van der Waals surface area contributed by atoms with E-state index in [1.54, 1.807) is 6.20 Å². The first-order valence-corrected chi connectivity index (χ1v) is 8.13. The first kappa shape index (κ1) is 16.0. The molecule has 1 aromatic heterocycles. The zero-order valence-corrected chi connectivity index (χ0v) is 13.3. The second kappa shape index (κ2) is 7.63. The lowest BCUT2D eigenvalue weighted by Gasteiger charge is -2.15. The number of benzene rings is 1. The molecule has 1 saturated heterocycles. The molecule has 0 aliphatic carbocycles. The molecule has 1 atom stereocenters. The first-order valence-electron chi connectivity index (χ1n) is 8.13. The average Bonchev–Trinajstić information content (AvgIpc) is 3.06. The maximum atomic E-state index is 12.0. The molecule has 0 bridgehead atoms. The fourth-order valence-electron chi connectivity index (χ4n) is 2.69. The third kappa shape index (κ3) is 4.13. The summed E-state index contributed by atoms with van der Waals surface area (Å²) in [5, 5.41) is 15.2. The van der Waals surface area contributed by atoms with Crippen LogP contribution in [0.15, 0.2) is 36.5 Å². The minimum Gasteiger partial charge on any atom is -0.354 e. The molecule has 2 heterocycles. The predicted molar refractivity (Wildman–Crippen MR) is 90.0 cm³/mol. The fraction of sp³-hybridized carbons (Fsp3) is 0.353. The van der Waals surface area contributed by atoms with Gasteiger partial charge < -0.3 is 16.0 Å². The van der Waals surface area contributed by atoms with Gasteiger partial charge in [-0.1, -0.05) is 24.3 Å². The Hall–Kier alpha value is -2.83. The van der Waals surface area contributed by atoms with E-state index in [9.17, 15) is 9.59 Å². The molecule has 1 aliphatic heterocycles. The molecule has 0 radical (unpaired) electrons. The summed E-state index contributed by atoms with van der Waals surface area (Å²) in [5.41, 5.74) is 2.97. The van der Waals surface area contributed by atoms with Crippen LogP contribution in [0, 0.1) is 0 Å². The summed E-state index contributed by atoms with van der Waals surface area (Å²) >= 11 is 0. The highest BCUT2D eigenvalue weighted by Crippen LogP contribution is 2.16. The number of nitrogens with zero attached hydrogens (tertiary/aromatic N) is 1. The molecule has 7 heteroatoms. The molecule has 0 saturated carbocycles. The van der Waals surface area contributed by atoms with Crippen molar-refractivity contribution in [1.82, 2.24) is 26.1 Å². The van der Waals surface area contributed by atoms with Crippen molar-refractivity contribution in [2.24, 2.45) is 0 Å². The number of hydrogen-bond donors (Lipinski definition) is 4. The minimum absolute atomic E-state index is 0.105. The van der Waals surface area contributed by atoms with Crippen LogP contribution in [-0.2, 0) is 11.3 Å². The smallest absolute Gasteiger partial charge is 0.315 e. The summed E-state index contributed by atoms with van der Waals surface area (Å²) in [5.74, 6) is -0.105. The van der Waals surface area contributed by atoms with E-state index in [1.165, 1.54) is 0 Å². The van der Waals surface area contributed by atoms with Gasteiger partial charge in [-0.2, -0.15) is 5.10 Å². The van der Waals surface area contributed by atoms with Gasteiger partial charge in [0.15, 0.2) is 0 Å². The van der Waals surface area contributed by atoms with Crippen LogP contribution in [0.25, 0.3) is 11.3 Å². The fourth-order valence-corrected chi connectivity index (χ4v) is 2.69. The van der Waals surface area contributed by atoms with E-state index >= 15 is 0 Å². The van der Waals surface area contributed by atoms with Crippen molar-refractivity contribution in [3.63, 3.8) is 0 Å². The quantitative estimate of drug-likeness (QED) is 0.685. The molecule has 126 valence electrons. The van der Waals surface area contributed by atoms with Gasteiger partial charge in [0.1, 0.15) is 6.04 Å². The monoisotopic (exact) mass is 327 g/mol. The van der Waals surface area contributed by atoms with Crippen LogP contribution in [0.4, 0.5) is 4.79 Å². The largest absolute Gasteiger partial charge is 0.354 e. The number of carbonyl (C=O) groups is 2. The Morgan fingerprint density at radius 2 is 2.04 bits per heavy atom. The van der Waals surface area contributed by atoms with E-state index in [2.05, 4.69) is 26.1 Å². The number of hydrogen-bond acceptors (Lipinski definition) is 3. The zero-order valence-electron chi connectivity index (χ0n) is 13.3. The number of nitrogens with one attached hydrogen (secondary N) is 4. The number of aromatic nitrogens is 2. The third-order valence-corrected chi connectivity index (χ3v) is 4.06. The number of rotatable bonds is 4. The minimum atomic E-state index is -0.449. The van der Waals surface area contributed by atoms with E-state index in [1.807, 2.05) is 30.3 Å². The van der Waals surface area contributed by atoms with Crippen LogP contribution in [0.3, 0.4) is 0 Å². The topological polar surface area (TPSA) is 98.9 Å². The SMILES string of the molecule is O=C(NCc1ccc(-c2ccn[nH]2)cc1)NC1CCCCNC1=O. The van der Waals surface area contributed by atoms with Gasteiger partial charge in [0.25, 0.3) is 0 Å². The number of H-pyrrole nitrogens is 1. The molecule has 0 spiro atoms. The summed E-state index contributed by atoms with van der Waals surface area (Å²) in [7, 11) is 0. The Bertz CT molecular complexity index is 682. The lowest BCUT2D eigenvalue weighted by molar-refractivity contribution is -0.122. The van der Waals surface area contributed by atoms with E-state index in [0.29, 0.717) is 19.5 Å². The summed E-state index contributed by atoms with van der Waals surface area (Å²) in [6, 6.07) is 8.98. The Balaban J connectivity index is 1.50. The molecule has 1 unspecified atom stereocenters. The van der Waals surface area contributed by atoms with Crippen molar-refractivity contribution in [2.45, 2.75) is 31.8 Å². The molecule has 2 aromatic rings. The number of urea groups is 1. The Labute approximate surface area is 140 Å². The number of carbonyl (C=O) groups excluding carboxylic acids is 2. The van der Waals surface area contributed by atoms with Crippen molar-refractivity contribution >= 4 is 11.9 Å². The van der Waals surface area contributed by atoms with E-state index in [-0.39, 0.29) is 11.9 Å². The summed E-state index contributed by atoms with van der Waals surface area (Å²) < 4.78 is 0. The van der Waals surface area contributed by atoms with E-state index in [0.717, 1.165) is 29.7 Å². The molecule has 1 aromatic carbocycles. The molecule has 1 aliphatic rings. The van der Waals surface area contributed by atoms with Gasteiger partial charge in [-0.05, 0) is 36.5 Å². The highest BCUT2D eigenvalue weighted by molar-refractivity contribution is 5.87. The standard InChI is InChI=1S/C17H21N5O2/c23-16-15(3-1-2-9-18-16)21-17(24)19-11-12-4-6-13(7-5-12)14-8-10-20-22-14/h4-8,10,15H,1-3,9,11H2,(H,18,23)(H,20,22)(H2,19,21,24). The summed E-state index contributed by atoms with van der Waals surface area (Å²) in [4.78, 5) is 23.8. The van der Waals surface area contributed by atoms with Gasteiger partial charge >= 0.3 is 6.03 Å². The lowest BCUT2D eigenvalue weighted by atomic mass is 10.1. The third-order valence-electron chi connectivity index (χ3n) is 4.06. The van der Waals surface area contributed by atoms with Gasteiger partial charge in [-0.3, -0.25) is 9.89 Å². The summed E-state index contributed by atoms with van der Waals surface area (Å²) in [6.07, 6.45) is 4.27. The highest BCUT2D eigenvalue weighted by atomic mass is 16.2. The van der Waals surface area contributed by atoms with Gasteiger partial charge in [0.05, 0.1) is 5.69 Å². The normalized spacial score (nSPS) is 17.7. The van der Waals surface area contributed by atoms with Crippen LogP contribution < -0.4 is 16.0 Å². The average molecular weight is 327 g/mol. The van der Waals surface area contributed by atoms with Gasteiger partial charge in [0, 0.05) is 19.3 Å². The number of amides is 3. The highest BCUT2D eigenvalue weighted by Gasteiger charge is 2.21. The molecule has 3 rings (SSSR count). The van der Waals surface area contributed by atoms with E-state index < -0.39 is 6.04 Å². The van der Waals surface area contributed by atoms with Crippen LogP contribution in [-0.4, -0.2) is 34.7 Å². The second-order valence-corrected chi connectivity index (χ2v) is 5.83. The van der Waals surface area contributed by atoms with Crippen molar-refractivity contribution in [1.29, 1.82) is 0 Å². The van der Waals surface area contributed by atoms with Gasteiger partial charge in [-0.25, -0.2) is 4.79 Å². The Morgan fingerprint density at radius 3 is 2.79 bits per heavy atom. The maximum absolute atomic E-state index is 12.0. The van der Waals surface area contributed by atoms with Gasteiger partial charge in [-0.15, -0.1) is 0 Å². The zero-order chi connectivity index (χ0) is 16.8. The molecule has 4 N–H and O–H groups in total. The van der Waals surface area contributed by atoms with Crippen molar-refractivity contribution in [3.05, 3.63) is 42.1 Å². The van der Waals surface area contributed by atoms with Crippen LogP contribution >= 0.6 is 0 Å². The predicted octanol–water partition coefficient (Wildman–Crippen LogP) is 1.54. The van der Waals surface area contributed by atoms with Crippen molar-refractivity contribution in [3.8, 4) is 11.3 Å². The Morgan fingerprint density at radius 1 is 1.21 bits per heavy atom. The second-order valence-electron chi connectivity index (χ2n) is 5.83. The molecule has 7 nitrogen and oxygen atoms in total. The molecule has 3 amide bonds. The van der Waals surface area contributed by atoms with Crippen LogP contribution in [0.5, 0.6) is 0 Å². The van der Waals surface area contributed by atoms with Crippen molar-refractivity contribution < 1.29 is 9.59 Å². The maximum Gasteiger partial charge on any atom is 0.315 e. The molecule has 24 heavy (non-hydrogen) atoms. The first-order chi connectivity index (χ1) is 11.7. The van der Waals surface area contributed by atoms with E-state index in [4.69, 9.17) is 0 Å². The number of aromatic amines is 1. The van der Waals surface area contributed by atoms with Gasteiger partial charge in [0.2, 0.25) is 5.91 Å². The molecular weight excluding hydrogens is 306 g/mol.